The lowest BCUT2D eigenvalue weighted by Crippen LogP contribution is -2.27. The second-order valence-corrected chi connectivity index (χ2v) is 4.61. The number of rotatable bonds is 3. The average Bonchev–Trinajstić information content (AvgIpc) is 2.37. The first-order chi connectivity index (χ1) is 8.96. The number of hydrogen-bond donors (Lipinski definition) is 1. The second-order valence-electron chi connectivity index (χ2n) is 4.61. The third kappa shape index (κ3) is 4.09. The fourth-order valence-electron chi connectivity index (χ4n) is 2.23. The standard InChI is InChI=1S/C13H15F4NO/c14-12-7-10(19-8-13(15,16)17)1-2-11(12)9-3-5-18-6-4-9/h1-2,7,9,18H,3-6,8H2. The first-order valence-electron chi connectivity index (χ1n) is 6.15. The van der Waals surface area contributed by atoms with Crippen LogP contribution < -0.4 is 10.1 Å². The number of nitrogens with one attached hydrogen (secondary N) is 1. The highest BCUT2D eigenvalue weighted by Crippen LogP contribution is 2.30. The molecule has 0 radical (unpaired) electrons. The fraction of sp³-hybridized carbons (Fsp3) is 0.538. The molecule has 0 atom stereocenters. The van der Waals surface area contributed by atoms with Gasteiger partial charge in [0.1, 0.15) is 11.6 Å². The Morgan fingerprint density at radius 3 is 2.47 bits per heavy atom. The van der Waals surface area contributed by atoms with Gasteiger partial charge >= 0.3 is 6.18 Å². The van der Waals surface area contributed by atoms with Gasteiger partial charge in [0.2, 0.25) is 0 Å². The van der Waals surface area contributed by atoms with Crippen LogP contribution in [0.15, 0.2) is 18.2 Å². The minimum Gasteiger partial charge on any atom is -0.484 e. The maximum atomic E-state index is 13.9. The van der Waals surface area contributed by atoms with Gasteiger partial charge in [-0.1, -0.05) is 6.07 Å². The van der Waals surface area contributed by atoms with Crippen molar-refractivity contribution >= 4 is 0 Å². The van der Waals surface area contributed by atoms with Gasteiger partial charge in [0, 0.05) is 6.07 Å². The number of halogens is 4. The summed E-state index contributed by atoms with van der Waals surface area (Å²) in [5.74, 6) is -0.461. The van der Waals surface area contributed by atoms with Gasteiger partial charge in [0.25, 0.3) is 0 Å². The first-order valence-corrected chi connectivity index (χ1v) is 6.15. The molecule has 0 aromatic heterocycles. The Bertz CT molecular complexity index is 427. The molecule has 0 bridgehead atoms. The summed E-state index contributed by atoms with van der Waals surface area (Å²) < 4.78 is 54.3. The Morgan fingerprint density at radius 1 is 1.21 bits per heavy atom. The van der Waals surface area contributed by atoms with E-state index in [1.54, 1.807) is 0 Å². The maximum absolute atomic E-state index is 13.9. The van der Waals surface area contributed by atoms with E-state index in [4.69, 9.17) is 0 Å². The van der Waals surface area contributed by atoms with Crippen LogP contribution in [-0.2, 0) is 0 Å². The minimum atomic E-state index is -4.41. The van der Waals surface area contributed by atoms with E-state index in [1.807, 2.05) is 0 Å². The van der Waals surface area contributed by atoms with E-state index in [0.29, 0.717) is 5.56 Å². The van der Waals surface area contributed by atoms with Gasteiger partial charge in [-0.15, -0.1) is 0 Å². The average molecular weight is 277 g/mol. The molecule has 1 heterocycles. The van der Waals surface area contributed by atoms with Gasteiger partial charge in [-0.2, -0.15) is 13.2 Å². The molecule has 1 aliphatic heterocycles. The van der Waals surface area contributed by atoms with Crippen LogP contribution in [-0.4, -0.2) is 25.9 Å². The summed E-state index contributed by atoms with van der Waals surface area (Å²) in [5, 5.41) is 3.18. The molecule has 2 rings (SSSR count). The summed E-state index contributed by atoms with van der Waals surface area (Å²) >= 11 is 0. The molecule has 6 heteroatoms. The summed E-state index contributed by atoms with van der Waals surface area (Å²) in [6.07, 6.45) is -2.75. The van der Waals surface area contributed by atoms with Crippen molar-refractivity contribution in [2.24, 2.45) is 0 Å². The Kier molecular flexibility index (Phi) is 4.29. The van der Waals surface area contributed by atoms with Crippen molar-refractivity contribution in [1.29, 1.82) is 0 Å². The summed E-state index contributed by atoms with van der Waals surface area (Å²) in [5.41, 5.74) is 0.556. The molecule has 0 saturated carbocycles. The summed E-state index contributed by atoms with van der Waals surface area (Å²) in [4.78, 5) is 0. The SMILES string of the molecule is Fc1cc(OCC(F)(F)F)ccc1C1CCNCC1. The van der Waals surface area contributed by atoms with Crippen molar-refractivity contribution in [1.82, 2.24) is 5.32 Å². The molecule has 19 heavy (non-hydrogen) atoms. The molecule has 1 N–H and O–H groups in total. The molecule has 0 spiro atoms. The van der Waals surface area contributed by atoms with Crippen molar-refractivity contribution in [3.05, 3.63) is 29.6 Å². The van der Waals surface area contributed by atoms with Crippen molar-refractivity contribution in [3.8, 4) is 5.75 Å². The smallest absolute Gasteiger partial charge is 0.422 e. The van der Waals surface area contributed by atoms with Crippen LogP contribution in [0, 0.1) is 5.82 Å². The molecule has 1 aromatic rings. The molecule has 1 aromatic carbocycles. The van der Waals surface area contributed by atoms with Crippen molar-refractivity contribution in [3.63, 3.8) is 0 Å². The highest BCUT2D eigenvalue weighted by atomic mass is 19.4. The van der Waals surface area contributed by atoms with Gasteiger partial charge in [-0.25, -0.2) is 4.39 Å². The normalized spacial score (nSPS) is 17.5. The molecule has 106 valence electrons. The van der Waals surface area contributed by atoms with Crippen LogP contribution in [0.3, 0.4) is 0 Å². The molecule has 0 aliphatic carbocycles. The van der Waals surface area contributed by atoms with E-state index in [1.165, 1.54) is 12.1 Å². The van der Waals surface area contributed by atoms with Crippen LogP contribution in [0.4, 0.5) is 17.6 Å². The predicted octanol–water partition coefficient (Wildman–Crippen LogP) is 3.23. The Labute approximate surface area is 108 Å². The molecule has 0 unspecified atom stereocenters. The highest BCUT2D eigenvalue weighted by molar-refractivity contribution is 5.31. The Balaban J connectivity index is 2.04. The summed E-state index contributed by atoms with van der Waals surface area (Å²) in [6, 6.07) is 3.95. The second kappa shape index (κ2) is 5.77. The van der Waals surface area contributed by atoms with E-state index in [9.17, 15) is 17.6 Å². The van der Waals surface area contributed by atoms with Crippen LogP contribution in [0.2, 0.25) is 0 Å². The first kappa shape index (κ1) is 14.1. The van der Waals surface area contributed by atoms with E-state index in [2.05, 4.69) is 10.1 Å². The topological polar surface area (TPSA) is 21.3 Å². The number of hydrogen-bond acceptors (Lipinski definition) is 2. The molecule has 1 aliphatic rings. The molecule has 1 fully saturated rings. The van der Waals surface area contributed by atoms with E-state index < -0.39 is 18.6 Å². The summed E-state index contributed by atoms with van der Waals surface area (Å²) in [6.45, 7) is 0.256. The van der Waals surface area contributed by atoms with Gasteiger partial charge < -0.3 is 10.1 Å². The number of alkyl halides is 3. The van der Waals surface area contributed by atoms with Crippen molar-refractivity contribution in [2.45, 2.75) is 24.9 Å². The van der Waals surface area contributed by atoms with Gasteiger partial charge in [-0.05, 0) is 43.5 Å². The lowest BCUT2D eigenvalue weighted by molar-refractivity contribution is -0.153. The fourth-order valence-corrected chi connectivity index (χ4v) is 2.23. The Morgan fingerprint density at radius 2 is 1.89 bits per heavy atom. The van der Waals surface area contributed by atoms with Crippen molar-refractivity contribution in [2.75, 3.05) is 19.7 Å². The Hall–Kier alpha value is -1.30. The number of benzene rings is 1. The monoisotopic (exact) mass is 277 g/mol. The third-order valence-corrected chi connectivity index (χ3v) is 3.15. The minimum absolute atomic E-state index is 0.0903. The predicted molar refractivity (Wildman–Crippen MR) is 62.8 cm³/mol. The molecule has 2 nitrogen and oxygen atoms in total. The molecular formula is C13H15F4NO. The van der Waals surface area contributed by atoms with Gasteiger partial charge in [-0.3, -0.25) is 0 Å². The number of ether oxygens (including phenoxy) is 1. The zero-order chi connectivity index (χ0) is 13.9. The van der Waals surface area contributed by atoms with Gasteiger partial charge in [0.15, 0.2) is 6.61 Å². The maximum Gasteiger partial charge on any atom is 0.422 e. The number of piperidine rings is 1. The highest BCUT2D eigenvalue weighted by Gasteiger charge is 2.28. The van der Waals surface area contributed by atoms with Crippen LogP contribution >= 0.6 is 0 Å². The van der Waals surface area contributed by atoms with Crippen LogP contribution in [0.1, 0.15) is 24.3 Å². The van der Waals surface area contributed by atoms with E-state index in [-0.39, 0.29) is 11.7 Å². The third-order valence-electron chi connectivity index (χ3n) is 3.15. The van der Waals surface area contributed by atoms with Crippen molar-refractivity contribution < 1.29 is 22.3 Å². The lowest BCUT2D eigenvalue weighted by Gasteiger charge is -2.23. The largest absolute Gasteiger partial charge is 0.484 e. The van der Waals surface area contributed by atoms with Crippen LogP contribution in [0.25, 0.3) is 0 Å². The molecule has 0 amide bonds. The zero-order valence-corrected chi connectivity index (χ0v) is 10.3. The quantitative estimate of drug-likeness (QED) is 0.856. The molecule has 1 saturated heterocycles. The van der Waals surface area contributed by atoms with Gasteiger partial charge in [0.05, 0.1) is 0 Å². The molecular weight excluding hydrogens is 262 g/mol. The van der Waals surface area contributed by atoms with E-state index >= 15 is 0 Å². The van der Waals surface area contributed by atoms with Crippen LogP contribution in [0.5, 0.6) is 5.75 Å². The summed E-state index contributed by atoms with van der Waals surface area (Å²) in [7, 11) is 0. The zero-order valence-electron chi connectivity index (χ0n) is 10.3. The van der Waals surface area contributed by atoms with E-state index in [0.717, 1.165) is 32.0 Å². The lowest BCUT2D eigenvalue weighted by atomic mass is 9.90.